The summed E-state index contributed by atoms with van der Waals surface area (Å²) in [5.74, 6) is 1.03. The van der Waals surface area contributed by atoms with Crippen LogP contribution < -0.4 is 10.2 Å². The lowest BCUT2D eigenvalue weighted by molar-refractivity contribution is -0.137. The number of nitrogens with one attached hydrogen (secondary N) is 1. The number of carbonyl (C=O) groups is 1. The van der Waals surface area contributed by atoms with Crippen LogP contribution in [-0.2, 0) is 15.7 Å². The zero-order valence-electron chi connectivity index (χ0n) is 18.4. The fourth-order valence-electron chi connectivity index (χ4n) is 3.57. The molecule has 180 valence electrons. The third kappa shape index (κ3) is 7.39. The molecule has 1 unspecified atom stereocenters. The average molecular weight is 569 g/mol. The number of halogens is 4. The molecule has 32 heavy (non-hydrogen) atoms. The quantitative estimate of drug-likeness (QED) is 0.336. The lowest BCUT2D eigenvalue weighted by Gasteiger charge is -2.38. The number of likely N-dealkylation sites (N-methyl/N-ethyl adjacent to an activating group) is 1. The molecular formula is C21H31F3IN5O2. The van der Waals surface area contributed by atoms with E-state index in [2.05, 4.69) is 20.1 Å². The summed E-state index contributed by atoms with van der Waals surface area (Å²) in [6.07, 6.45) is -3.33. The highest BCUT2D eigenvalue weighted by molar-refractivity contribution is 14.0. The summed E-state index contributed by atoms with van der Waals surface area (Å²) in [6, 6.07) is 5.27. The van der Waals surface area contributed by atoms with Crippen LogP contribution >= 0.6 is 24.0 Å². The van der Waals surface area contributed by atoms with Gasteiger partial charge in [-0.25, -0.2) is 4.99 Å². The van der Waals surface area contributed by atoms with E-state index in [1.165, 1.54) is 17.0 Å². The molecule has 1 aromatic rings. The van der Waals surface area contributed by atoms with E-state index >= 15 is 0 Å². The number of amides is 1. The van der Waals surface area contributed by atoms with Gasteiger partial charge in [-0.05, 0) is 30.7 Å². The van der Waals surface area contributed by atoms with Gasteiger partial charge in [0.05, 0.1) is 12.2 Å². The molecule has 2 heterocycles. The van der Waals surface area contributed by atoms with Crippen molar-refractivity contribution in [3.05, 3.63) is 29.8 Å². The first kappa shape index (κ1) is 26.5. The van der Waals surface area contributed by atoms with Crippen LogP contribution in [0.4, 0.5) is 18.9 Å². The molecule has 0 radical (unpaired) electrons. The molecule has 1 N–H and O–H groups in total. The number of guanidine groups is 1. The van der Waals surface area contributed by atoms with Crippen LogP contribution in [0, 0.1) is 5.92 Å². The van der Waals surface area contributed by atoms with Crippen LogP contribution in [0.2, 0.25) is 0 Å². The lowest BCUT2D eigenvalue weighted by Crippen LogP contribution is -2.53. The molecule has 0 bridgehead atoms. The second-order valence-corrected chi connectivity index (χ2v) is 8.06. The largest absolute Gasteiger partial charge is 0.416 e. The normalized spacial score (nSPS) is 19.5. The Kier molecular flexibility index (Phi) is 9.86. The van der Waals surface area contributed by atoms with Gasteiger partial charge in [-0.1, -0.05) is 0 Å². The summed E-state index contributed by atoms with van der Waals surface area (Å²) in [5.41, 5.74) is 0.125. The minimum Gasteiger partial charge on any atom is -0.381 e. The van der Waals surface area contributed by atoms with Crippen molar-refractivity contribution in [1.82, 2.24) is 15.1 Å². The second kappa shape index (κ2) is 11.9. The van der Waals surface area contributed by atoms with Crippen molar-refractivity contribution in [1.29, 1.82) is 0 Å². The molecule has 0 spiro atoms. The van der Waals surface area contributed by atoms with Gasteiger partial charge in [-0.15, -0.1) is 24.0 Å². The van der Waals surface area contributed by atoms with E-state index in [1.54, 1.807) is 14.1 Å². The third-order valence-corrected chi connectivity index (χ3v) is 5.57. The van der Waals surface area contributed by atoms with E-state index in [0.29, 0.717) is 38.1 Å². The molecule has 11 heteroatoms. The van der Waals surface area contributed by atoms with E-state index in [4.69, 9.17) is 4.74 Å². The van der Waals surface area contributed by atoms with Gasteiger partial charge in [0.2, 0.25) is 5.91 Å². The molecule has 2 aliphatic rings. The van der Waals surface area contributed by atoms with Gasteiger partial charge in [-0.2, -0.15) is 13.2 Å². The zero-order chi connectivity index (χ0) is 22.4. The third-order valence-electron chi connectivity index (χ3n) is 5.57. The molecule has 2 fully saturated rings. The molecule has 7 nitrogen and oxygen atoms in total. The Morgan fingerprint density at radius 1 is 1.19 bits per heavy atom. The molecule has 2 saturated heterocycles. The van der Waals surface area contributed by atoms with E-state index in [1.807, 2.05) is 0 Å². The summed E-state index contributed by atoms with van der Waals surface area (Å²) in [5, 5.41) is 3.39. The second-order valence-electron chi connectivity index (χ2n) is 8.06. The van der Waals surface area contributed by atoms with Crippen molar-refractivity contribution in [2.75, 3.05) is 71.5 Å². The molecule has 1 amide bonds. The maximum absolute atomic E-state index is 12.8. The number of carbonyl (C=O) groups excluding carboxylic acids is 1. The first-order chi connectivity index (χ1) is 14.7. The Bertz CT molecular complexity index is 760. The number of anilines is 1. The number of rotatable bonds is 5. The van der Waals surface area contributed by atoms with Gasteiger partial charge in [0.25, 0.3) is 0 Å². The Balaban J connectivity index is 0.00000363. The number of nitrogens with zero attached hydrogens (tertiary/aromatic N) is 4. The molecule has 3 rings (SSSR count). The van der Waals surface area contributed by atoms with Crippen molar-refractivity contribution in [3.63, 3.8) is 0 Å². The maximum atomic E-state index is 12.8. The highest BCUT2D eigenvalue weighted by Crippen LogP contribution is 2.30. The van der Waals surface area contributed by atoms with Crippen molar-refractivity contribution in [3.8, 4) is 0 Å². The van der Waals surface area contributed by atoms with Gasteiger partial charge in [-0.3, -0.25) is 4.79 Å². The van der Waals surface area contributed by atoms with Crippen LogP contribution in [0.25, 0.3) is 0 Å². The summed E-state index contributed by atoms with van der Waals surface area (Å²) < 4.78 is 43.8. The lowest BCUT2D eigenvalue weighted by atomic mass is 10.1. The topological polar surface area (TPSA) is 60.4 Å². The Morgan fingerprint density at radius 2 is 1.84 bits per heavy atom. The van der Waals surface area contributed by atoms with Crippen molar-refractivity contribution in [2.24, 2.45) is 10.9 Å². The Morgan fingerprint density at radius 3 is 2.38 bits per heavy atom. The van der Waals surface area contributed by atoms with E-state index in [9.17, 15) is 18.0 Å². The van der Waals surface area contributed by atoms with Gasteiger partial charge < -0.3 is 24.8 Å². The molecule has 2 aliphatic heterocycles. The predicted octanol–water partition coefficient (Wildman–Crippen LogP) is 2.52. The minimum absolute atomic E-state index is 0. The summed E-state index contributed by atoms with van der Waals surface area (Å²) in [7, 11) is 3.40. The van der Waals surface area contributed by atoms with Gasteiger partial charge >= 0.3 is 6.18 Å². The van der Waals surface area contributed by atoms with Crippen LogP contribution in [0.5, 0.6) is 0 Å². The predicted molar refractivity (Wildman–Crippen MR) is 129 cm³/mol. The van der Waals surface area contributed by atoms with Crippen LogP contribution in [0.1, 0.15) is 12.0 Å². The number of piperazine rings is 1. The standard InChI is InChI=1S/C21H30F3N5O2.HI/c1-27(2)19(30)14-26-20(25-13-16-7-12-31-15-16)29-10-8-28(9-11-29)18-5-3-17(4-6-18)21(22,23)24;/h3-6,16H,7-15H2,1-2H3,(H,25,26);1H. The van der Waals surface area contributed by atoms with Crippen LogP contribution in [-0.4, -0.2) is 88.2 Å². The average Bonchev–Trinajstić information content (AvgIpc) is 3.27. The Labute approximate surface area is 204 Å². The van der Waals surface area contributed by atoms with Gasteiger partial charge in [0.15, 0.2) is 5.96 Å². The van der Waals surface area contributed by atoms with Crippen LogP contribution in [0.3, 0.4) is 0 Å². The van der Waals surface area contributed by atoms with Crippen LogP contribution in [0.15, 0.2) is 29.3 Å². The summed E-state index contributed by atoms with van der Waals surface area (Å²) >= 11 is 0. The molecule has 0 saturated carbocycles. The number of alkyl halides is 3. The molecule has 0 aromatic heterocycles. The molecule has 1 aromatic carbocycles. The molecule has 0 aliphatic carbocycles. The summed E-state index contributed by atoms with van der Waals surface area (Å²) in [6.45, 7) is 4.90. The first-order valence-corrected chi connectivity index (χ1v) is 10.5. The smallest absolute Gasteiger partial charge is 0.381 e. The van der Waals surface area contributed by atoms with Crippen molar-refractivity contribution in [2.45, 2.75) is 12.6 Å². The monoisotopic (exact) mass is 569 g/mol. The highest BCUT2D eigenvalue weighted by atomic mass is 127. The number of benzene rings is 1. The number of ether oxygens (including phenoxy) is 1. The van der Waals surface area contributed by atoms with Gasteiger partial charge in [0, 0.05) is 65.0 Å². The number of hydrogen-bond donors (Lipinski definition) is 1. The highest BCUT2D eigenvalue weighted by Gasteiger charge is 2.30. The van der Waals surface area contributed by atoms with Gasteiger partial charge in [0.1, 0.15) is 6.54 Å². The number of aliphatic imine (C=N–C) groups is 1. The van der Waals surface area contributed by atoms with Crippen molar-refractivity contribution >= 4 is 41.5 Å². The van der Waals surface area contributed by atoms with E-state index < -0.39 is 11.7 Å². The molecule has 1 atom stereocenters. The first-order valence-electron chi connectivity index (χ1n) is 10.5. The fraction of sp³-hybridized carbons (Fsp3) is 0.619. The number of hydrogen-bond acceptors (Lipinski definition) is 4. The summed E-state index contributed by atoms with van der Waals surface area (Å²) in [4.78, 5) is 22.2. The van der Waals surface area contributed by atoms with E-state index in [-0.39, 0.29) is 36.4 Å². The van der Waals surface area contributed by atoms with Crippen molar-refractivity contribution < 1.29 is 22.7 Å². The molecular weight excluding hydrogens is 538 g/mol. The minimum atomic E-state index is -4.33. The SMILES string of the molecule is CN(C)C(=O)CN=C(NCC1CCOC1)N1CCN(c2ccc(C(F)(F)F)cc2)CC1.I. The fourth-order valence-corrected chi connectivity index (χ4v) is 3.57. The maximum Gasteiger partial charge on any atom is 0.416 e. The zero-order valence-corrected chi connectivity index (χ0v) is 20.7. The van der Waals surface area contributed by atoms with E-state index in [0.717, 1.165) is 44.0 Å². The Hall–Kier alpha value is -1.76.